The number of phosphoric acid groups is 1. The van der Waals surface area contributed by atoms with Crippen molar-refractivity contribution in [1.82, 2.24) is 0 Å². The fourth-order valence-electron chi connectivity index (χ4n) is 2.64. The fraction of sp³-hybridized carbons (Fsp3) is 0.105. The van der Waals surface area contributed by atoms with Crippen LogP contribution >= 0.6 is 7.82 Å². The van der Waals surface area contributed by atoms with Crippen molar-refractivity contribution in [2.45, 2.75) is 13.8 Å². The number of nitrogens with one attached hydrogen (secondary N) is 1. The summed E-state index contributed by atoms with van der Waals surface area (Å²) in [6.07, 6.45) is 0. The molecule has 0 saturated heterocycles. The van der Waals surface area contributed by atoms with Gasteiger partial charge in [-0.15, -0.1) is 0 Å². The van der Waals surface area contributed by atoms with Crippen LogP contribution in [0.2, 0.25) is 0 Å². The third-order valence-electron chi connectivity index (χ3n) is 3.94. The quantitative estimate of drug-likeness (QED) is 0.417. The van der Waals surface area contributed by atoms with Crippen LogP contribution in [0.5, 0.6) is 5.75 Å². The number of aryl methyl sites for hydroxylation is 2. The van der Waals surface area contributed by atoms with Crippen LogP contribution in [0.25, 0.3) is 10.8 Å². The minimum atomic E-state index is -4.63. The van der Waals surface area contributed by atoms with Crippen LogP contribution in [-0.4, -0.2) is 16.0 Å². The van der Waals surface area contributed by atoms with Crippen LogP contribution in [0, 0.1) is 13.8 Å². The topological polar surface area (TPSA) is 105 Å². The van der Waals surface area contributed by atoms with Gasteiger partial charge in [-0.3, -0.25) is 10.4 Å². The summed E-state index contributed by atoms with van der Waals surface area (Å²) in [4.78, 5) is 21.5. The van der Waals surface area contributed by atoms with Gasteiger partial charge in [0.2, 0.25) is 0 Å². The van der Waals surface area contributed by atoms with E-state index in [1.165, 1.54) is 12.1 Å². The largest absolute Gasteiger partial charge is 0.549 e. The zero-order chi connectivity index (χ0) is 19.6. The predicted octanol–water partition coefficient (Wildman–Crippen LogP) is 4.68. The van der Waals surface area contributed by atoms with Crippen LogP contribution in [0.1, 0.15) is 21.5 Å². The number of benzene rings is 3. The second-order valence-corrected chi connectivity index (χ2v) is 7.37. The van der Waals surface area contributed by atoms with Gasteiger partial charge < -0.3 is 9.63 Å². The molecule has 27 heavy (non-hydrogen) atoms. The summed E-state index contributed by atoms with van der Waals surface area (Å²) in [5, 5.41) is 10.7. The van der Waals surface area contributed by atoms with Gasteiger partial charge in [0.05, 0.1) is 5.69 Å². The smallest absolute Gasteiger partial charge is 0.478 e. The molecule has 0 fully saturated rings. The minimum absolute atomic E-state index is 0.238. The lowest BCUT2D eigenvalue weighted by Crippen LogP contribution is -2.07. The predicted molar refractivity (Wildman–Crippen MR) is 102 cm³/mol. The highest BCUT2D eigenvalue weighted by atomic mass is 31.2. The van der Waals surface area contributed by atoms with Gasteiger partial charge in [-0.1, -0.05) is 42.0 Å². The summed E-state index contributed by atoms with van der Waals surface area (Å²) in [6.45, 7) is 3.73. The number of fused-ring (bicyclic) bond motifs is 1. The molecule has 1 unspecified atom stereocenters. The Balaban J connectivity index is 1.85. The van der Waals surface area contributed by atoms with Gasteiger partial charge in [0.25, 0.3) is 0 Å². The molecular formula is C19H18NO6P. The second kappa shape index (κ2) is 7.40. The minimum Gasteiger partial charge on any atom is -0.478 e. The van der Waals surface area contributed by atoms with Crippen molar-refractivity contribution in [2.75, 3.05) is 5.48 Å². The van der Waals surface area contributed by atoms with Crippen LogP contribution in [0.3, 0.4) is 0 Å². The number of rotatable bonds is 6. The zero-order valence-electron chi connectivity index (χ0n) is 14.7. The zero-order valence-corrected chi connectivity index (χ0v) is 15.6. The first-order valence-electron chi connectivity index (χ1n) is 8.05. The molecule has 0 amide bonds. The third kappa shape index (κ3) is 4.46. The number of aromatic carboxylic acids is 1. The summed E-state index contributed by atoms with van der Waals surface area (Å²) < 4.78 is 22.2. The van der Waals surface area contributed by atoms with Crippen LogP contribution in [0.4, 0.5) is 5.69 Å². The Bertz CT molecular complexity index is 1070. The highest BCUT2D eigenvalue weighted by molar-refractivity contribution is 7.47. The Kier molecular flexibility index (Phi) is 5.19. The number of phosphoric ester groups is 1. The summed E-state index contributed by atoms with van der Waals surface area (Å²) in [7, 11) is -4.63. The molecule has 7 nitrogen and oxygen atoms in total. The van der Waals surface area contributed by atoms with Crippen molar-refractivity contribution in [3.63, 3.8) is 0 Å². The van der Waals surface area contributed by atoms with E-state index in [-0.39, 0.29) is 11.3 Å². The molecule has 3 N–H and O–H groups in total. The SMILES string of the molecule is Cc1ccc(NOP(=O)(O)Oc2cc3ccccc3cc2C(=O)O)c(C)c1. The van der Waals surface area contributed by atoms with Gasteiger partial charge in [-0.25, -0.2) is 9.36 Å². The molecule has 3 aromatic rings. The summed E-state index contributed by atoms with van der Waals surface area (Å²) in [5.74, 6) is -1.53. The molecule has 3 aromatic carbocycles. The summed E-state index contributed by atoms with van der Waals surface area (Å²) >= 11 is 0. The lowest BCUT2D eigenvalue weighted by Gasteiger charge is -2.16. The van der Waals surface area contributed by atoms with Crippen molar-refractivity contribution in [2.24, 2.45) is 0 Å². The summed E-state index contributed by atoms with van der Waals surface area (Å²) in [5.41, 5.74) is 4.50. The number of hydrogen-bond donors (Lipinski definition) is 3. The van der Waals surface area contributed by atoms with Crippen LogP contribution in [0.15, 0.2) is 54.6 Å². The number of carboxylic acid groups (broad SMARTS) is 1. The van der Waals surface area contributed by atoms with E-state index >= 15 is 0 Å². The molecule has 0 aliphatic rings. The Morgan fingerprint density at radius 2 is 1.70 bits per heavy atom. The Hall–Kier alpha value is -2.86. The monoisotopic (exact) mass is 387 g/mol. The number of hydrogen-bond acceptors (Lipinski definition) is 5. The van der Waals surface area contributed by atoms with Crippen LogP contribution in [-0.2, 0) is 9.19 Å². The maximum atomic E-state index is 12.3. The van der Waals surface area contributed by atoms with Gasteiger partial charge in [-0.2, -0.15) is 4.62 Å². The van der Waals surface area contributed by atoms with Crippen molar-refractivity contribution in [3.05, 3.63) is 71.3 Å². The van der Waals surface area contributed by atoms with Gasteiger partial charge >= 0.3 is 13.8 Å². The Morgan fingerprint density at radius 1 is 1.04 bits per heavy atom. The average Bonchev–Trinajstić information content (AvgIpc) is 2.60. The standard InChI is InChI=1S/C19H18NO6P/c1-12-7-8-17(13(2)9-12)20-26-27(23,24)25-18-11-15-6-4-3-5-14(15)10-16(18)19(21)22/h3-11,20H,1-2H3,(H,21,22)(H,23,24). The van der Waals surface area contributed by atoms with Crippen molar-refractivity contribution in [1.29, 1.82) is 0 Å². The summed E-state index contributed by atoms with van der Waals surface area (Å²) in [6, 6.07) is 15.2. The average molecular weight is 387 g/mol. The lowest BCUT2D eigenvalue weighted by molar-refractivity contribution is 0.0694. The molecular weight excluding hydrogens is 369 g/mol. The number of anilines is 1. The van der Waals surface area contributed by atoms with Gasteiger partial charge in [0.1, 0.15) is 11.3 Å². The second-order valence-electron chi connectivity index (χ2n) is 6.07. The van der Waals surface area contributed by atoms with Crippen molar-refractivity contribution >= 4 is 30.3 Å². The Labute approximate surface area is 155 Å². The van der Waals surface area contributed by atoms with E-state index in [1.807, 2.05) is 26.0 Å². The first-order chi connectivity index (χ1) is 12.7. The highest BCUT2D eigenvalue weighted by Crippen LogP contribution is 2.45. The molecule has 0 saturated carbocycles. The number of carbonyl (C=O) groups is 1. The lowest BCUT2D eigenvalue weighted by atomic mass is 10.1. The molecule has 0 spiro atoms. The fourth-order valence-corrected chi connectivity index (χ4v) is 3.29. The van der Waals surface area contributed by atoms with Gasteiger partial charge in [-0.05, 0) is 48.4 Å². The highest BCUT2D eigenvalue weighted by Gasteiger charge is 2.27. The van der Waals surface area contributed by atoms with Crippen molar-refractivity contribution < 1.29 is 28.5 Å². The van der Waals surface area contributed by atoms with E-state index in [1.54, 1.807) is 30.3 Å². The first kappa shape index (κ1) is 18.9. The van der Waals surface area contributed by atoms with E-state index in [4.69, 9.17) is 9.15 Å². The molecule has 0 aromatic heterocycles. The van der Waals surface area contributed by atoms with E-state index in [9.17, 15) is 19.4 Å². The maximum Gasteiger partial charge on any atom is 0.549 e. The molecule has 0 aliphatic heterocycles. The van der Waals surface area contributed by atoms with E-state index < -0.39 is 13.8 Å². The molecule has 0 aliphatic carbocycles. The van der Waals surface area contributed by atoms with Gasteiger partial charge in [0, 0.05) is 0 Å². The molecule has 3 rings (SSSR count). The molecule has 140 valence electrons. The molecule has 1 atom stereocenters. The normalized spacial score (nSPS) is 13.1. The molecule has 0 heterocycles. The third-order valence-corrected chi connectivity index (χ3v) is 4.69. The molecule has 0 radical (unpaired) electrons. The van der Waals surface area contributed by atoms with E-state index in [2.05, 4.69) is 5.48 Å². The molecule has 0 bridgehead atoms. The number of carboxylic acids is 1. The molecule has 8 heteroatoms. The first-order valence-corrected chi connectivity index (χ1v) is 9.55. The van der Waals surface area contributed by atoms with E-state index in [0.29, 0.717) is 16.5 Å². The van der Waals surface area contributed by atoms with Gasteiger partial charge in [0.15, 0.2) is 0 Å². The van der Waals surface area contributed by atoms with Crippen molar-refractivity contribution in [3.8, 4) is 5.75 Å². The maximum absolute atomic E-state index is 12.3. The van der Waals surface area contributed by atoms with Crippen LogP contribution < -0.4 is 10.0 Å². The van der Waals surface area contributed by atoms with E-state index in [0.717, 1.165) is 11.1 Å². The Morgan fingerprint density at radius 3 is 2.33 bits per heavy atom.